The van der Waals surface area contributed by atoms with Gasteiger partial charge in [0.25, 0.3) is 11.7 Å². The van der Waals surface area contributed by atoms with Gasteiger partial charge in [-0.2, -0.15) is 0 Å². The average molecular weight is 519 g/mol. The Morgan fingerprint density at radius 3 is 2.39 bits per heavy atom. The van der Waals surface area contributed by atoms with Crippen LogP contribution < -0.4 is 9.64 Å². The molecule has 1 saturated heterocycles. The second kappa shape index (κ2) is 8.70. The number of hydrogen-bond acceptors (Lipinski definition) is 5. The zero-order valence-corrected chi connectivity index (χ0v) is 18.2. The van der Waals surface area contributed by atoms with Gasteiger partial charge in [-0.15, -0.1) is 13.2 Å². The molecule has 0 bridgehead atoms. The maximum Gasteiger partial charge on any atom is 0.573 e. The monoisotopic (exact) mass is 518 g/mol. The zero-order valence-electron chi connectivity index (χ0n) is 16.6. The lowest BCUT2D eigenvalue weighted by molar-refractivity contribution is -0.274. The van der Waals surface area contributed by atoms with E-state index >= 15 is 0 Å². The number of carbonyl (C=O) groups excluding carboxylic acids is 2. The molecule has 1 unspecified atom stereocenters. The van der Waals surface area contributed by atoms with Gasteiger partial charge in [0, 0.05) is 28.0 Å². The van der Waals surface area contributed by atoms with Gasteiger partial charge in [-0.3, -0.25) is 19.5 Å². The first-order valence-corrected chi connectivity index (χ1v) is 10.3. The second-order valence-electron chi connectivity index (χ2n) is 6.98. The number of ether oxygens (including phenoxy) is 1. The van der Waals surface area contributed by atoms with Crippen LogP contribution >= 0.6 is 15.9 Å². The molecule has 1 aliphatic heterocycles. The van der Waals surface area contributed by atoms with Gasteiger partial charge in [0.05, 0.1) is 11.3 Å². The van der Waals surface area contributed by atoms with Gasteiger partial charge in [-0.05, 0) is 36.4 Å². The second-order valence-corrected chi connectivity index (χ2v) is 7.89. The minimum absolute atomic E-state index is 0.0237. The molecule has 3 aromatic rings. The van der Waals surface area contributed by atoms with Crippen LogP contribution in [-0.4, -0.2) is 28.1 Å². The van der Waals surface area contributed by atoms with Crippen LogP contribution in [0, 0.1) is 0 Å². The quantitative estimate of drug-likeness (QED) is 0.285. The van der Waals surface area contributed by atoms with Crippen molar-refractivity contribution < 1.29 is 32.6 Å². The molecular formula is C23H14BrF3N2O4. The molecule has 2 heterocycles. The summed E-state index contributed by atoms with van der Waals surface area (Å²) in [4.78, 5) is 31.2. The van der Waals surface area contributed by atoms with E-state index < -0.39 is 35.6 Å². The van der Waals surface area contributed by atoms with Crippen molar-refractivity contribution in [3.8, 4) is 5.75 Å². The first-order valence-electron chi connectivity index (χ1n) is 9.49. The zero-order chi connectivity index (χ0) is 23.8. The third kappa shape index (κ3) is 4.61. The molecule has 0 radical (unpaired) electrons. The highest BCUT2D eigenvalue weighted by Crippen LogP contribution is 2.42. The van der Waals surface area contributed by atoms with E-state index in [9.17, 15) is 27.9 Å². The number of aliphatic hydroxyl groups is 1. The highest BCUT2D eigenvalue weighted by molar-refractivity contribution is 9.10. The number of pyridine rings is 1. The summed E-state index contributed by atoms with van der Waals surface area (Å²) in [6, 6.07) is 14.7. The number of rotatable bonds is 4. The van der Waals surface area contributed by atoms with Gasteiger partial charge in [0.1, 0.15) is 17.6 Å². The molecule has 2 aromatic carbocycles. The van der Waals surface area contributed by atoms with Crippen LogP contribution in [0.4, 0.5) is 18.9 Å². The number of halogens is 4. The highest BCUT2D eigenvalue weighted by Gasteiger charge is 2.47. The molecule has 1 amide bonds. The van der Waals surface area contributed by atoms with E-state index in [-0.39, 0.29) is 22.5 Å². The van der Waals surface area contributed by atoms with Gasteiger partial charge >= 0.3 is 6.36 Å². The summed E-state index contributed by atoms with van der Waals surface area (Å²) in [6.07, 6.45) is -3.49. The van der Waals surface area contributed by atoms with Crippen LogP contribution in [0.1, 0.15) is 17.3 Å². The Morgan fingerprint density at radius 1 is 1.03 bits per heavy atom. The van der Waals surface area contributed by atoms with Gasteiger partial charge in [0.2, 0.25) is 0 Å². The Hall–Kier alpha value is -3.66. The Labute approximate surface area is 194 Å². The van der Waals surface area contributed by atoms with Gasteiger partial charge in [0.15, 0.2) is 0 Å². The Morgan fingerprint density at radius 2 is 1.76 bits per heavy atom. The molecule has 6 nitrogen and oxygen atoms in total. The number of aromatic nitrogens is 1. The molecule has 1 N–H and O–H groups in total. The molecular weight excluding hydrogens is 505 g/mol. The van der Waals surface area contributed by atoms with Crippen molar-refractivity contribution in [3.05, 3.63) is 94.2 Å². The number of nitrogens with zero attached hydrogens (tertiary/aromatic N) is 2. The van der Waals surface area contributed by atoms with Gasteiger partial charge < -0.3 is 9.84 Å². The summed E-state index contributed by atoms with van der Waals surface area (Å²) in [6.45, 7) is 0. The van der Waals surface area contributed by atoms with Crippen molar-refractivity contribution in [3.63, 3.8) is 0 Å². The number of carbonyl (C=O) groups is 2. The number of anilines is 1. The lowest BCUT2D eigenvalue weighted by atomic mass is 9.98. The summed E-state index contributed by atoms with van der Waals surface area (Å²) in [5.74, 6) is -3.00. The van der Waals surface area contributed by atoms with Crippen molar-refractivity contribution in [2.45, 2.75) is 12.4 Å². The highest BCUT2D eigenvalue weighted by atomic mass is 79.9. The molecule has 0 aliphatic carbocycles. The van der Waals surface area contributed by atoms with Gasteiger partial charge in [-0.1, -0.05) is 40.2 Å². The van der Waals surface area contributed by atoms with Crippen molar-refractivity contribution in [1.82, 2.24) is 4.98 Å². The molecule has 168 valence electrons. The van der Waals surface area contributed by atoms with Crippen LogP contribution in [0.3, 0.4) is 0 Å². The van der Waals surface area contributed by atoms with E-state index in [0.717, 1.165) is 21.5 Å². The van der Waals surface area contributed by atoms with Gasteiger partial charge in [-0.25, -0.2) is 0 Å². The lowest BCUT2D eigenvalue weighted by Crippen LogP contribution is -2.30. The summed E-state index contributed by atoms with van der Waals surface area (Å²) in [7, 11) is 0. The standard InChI is InChI=1S/C23H14BrF3N2O4/c24-14-9-7-13(8-10-14)20(30)18-19(17-6-1-2-11-28-17)29(22(32)21(18)31)15-4-3-5-16(12-15)33-23(25,26)27/h1-12,19,30H/b20-18+. The predicted molar refractivity (Wildman–Crippen MR) is 116 cm³/mol. The van der Waals surface area contributed by atoms with Crippen LogP contribution in [0.15, 0.2) is 83.0 Å². The molecule has 1 aliphatic rings. The summed E-state index contributed by atoms with van der Waals surface area (Å²) >= 11 is 3.29. The average Bonchev–Trinajstić information content (AvgIpc) is 3.04. The Bertz CT molecular complexity index is 1240. The minimum Gasteiger partial charge on any atom is -0.507 e. The first kappa shape index (κ1) is 22.5. The van der Waals surface area contributed by atoms with E-state index in [1.165, 1.54) is 18.3 Å². The maximum atomic E-state index is 13.0. The fraction of sp³-hybridized carbons (Fsp3) is 0.0870. The van der Waals surface area contributed by atoms with Crippen molar-refractivity contribution >= 4 is 39.1 Å². The van der Waals surface area contributed by atoms with Crippen molar-refractivity contribution in [2.75, 3.05) is 4.90 Å². The predicted octanol–water partition coefficient (Wildman–Crippen LogP) is 5.37. The number of aliphatic hydroxyl groups excluding tert-OH is 1. The minimum atomic E-state index is -4.94. The molecule has 10 heteroatoms. The number of amides is 1. The Balaban J connectivity index is 1.88. The van der Waals surface area contributed by atoms with E-state index in [0.29, 0.717) is 0 Å². The smallest absolute Gasteiger partial charge is 0.507 e. The topological polar surface area (TPSA) is 79.7 Å². The van der Waals surface area contributed by atoms with Crippen LogP contribution in [-0.2, 0) is 9.59 Å². The maximum absolute atomic E-state index is 13.0. The third-order valence-electron chi connectivity index (χ3n) is 4.86. The van der Waals surface area contributed by atoms with Crippen LogP contribution in [0.5, 0.6) is 5.75 Å². The van der Waals surface area contributed by atoms with Crippen LogP contribution in [0.2, 0.25) is 0 Å². The number of alkyl halides is 3. The molecule has 0 spiro atoms. The van der Waals surface area contributed by atoms with Crippen molar-refractivity contribution in [1.29, 1.82) is 0 Å². The van der Waals surface area contributed by atoms with E-state index in [1.807, 2.05) is 0 Å². The van der Waals surface area contributed by atoms with E-state index in [2.05, 4.69) is 25.7 Å². The normalized spacial score (nSPS) is 17.9. The third-order valence-corrected chi connectivity index (χ3v) is 5.39. The summed E-state index contributed by atoms with van der Waals surface area (Å²) in [5.41, 5.74) is 0.274. The SMILES string of the molecule is O=C1C(=O)N(c2cccc(OC(F)(F)F)c2)C(c2ccccn2)/C1=C(\O)c1ccc(Br)cc1. The number of benzene rings is 2. The molecule has 33 heavy (non-hydrogen) atoms. The lowest BCUT2D eigenvalue weighted by Gasteiger charge is -2.25. The Kier molecular flexibility index (Phi) is 5.94. The fourth-order valence-corrected chi connectivity index (χ4v) is 3.77. The van der Waals surface area contributed by atoms with E-state index in [4.69, 9.17) is 0 Å². The number of hydrogen-bond donors (Lipinski definition) is 1. The largest absolute Gasteiger partial charge is 0.573 e. The van der Waals surface area contributed by atoms with Crippen molar-refractivity contribution in [2.24, 2.45) is 0 Å². The molecule has 1 atom stereocenters. The fourth-order valence-electron chi connectivity index (χ4n) is 3.51. The first-order chi connectivity index (χ1) is 15.7. The summed E-state index contributed by atoms with van der Waals surface area (Å²) < 4.78 is 42.8. The number of Topliss-reactive ketones (excluding diaryl/α,β-unsaturated/α-hetero) is 1. The number of ketones is 1. The molecule has 4 rings (SSSR count). The van der Waals surface area contributed by atoms with E-state index in [1.54, 1.807) is 42.5 Å². The van der Waals surface area contributed by atoms with Crippen LogP contribution in [0.25, 0.3) is 5.76 Å². The molecule has 1 fully saturated rings. The molecule has 0 saturated carbocycles. The summed E-state index contributed by atoms with van der Waals surface area (Å²) in [5, 5.41) is 11.0. The molecule has 1 aromatic heterocycles.